The lowest BCUT2D eigenvalue weighted by atomic mass is 10.1. The number of ether oxygens (including phenoxy) is 2. The highest BCUT2D eigenvalue weighted by Gasteiger charge is 2.34. The summed E-state index contributed by atoms with van der Waals surface area (Å²) >= 11 is 0. The first kappa shape index (κ1) is 16.3. The van der Waals surface area contributed by atoms with Crippen LogP contribution < -0.4 is 10.7 Å². The van der Waals surface area contributed by atoms with Crippen LogP contribution in [0.4, 0.5) is 4.79 Å². The van der Waals surface area contributed by atoms with Crippen molar-refractivity contribution >= 4 is 12.0 Å². The number of rotatable bonds is 2. The van der Waals surface area contributed by atoms with Crippen LogP contribution in [0.15, 0.2) is 18.3 Å². The van der Waals surface area contributed by atoms with Gasteiger partial charge >= 0.3 is 6.09 Å². The molecule has 0 spiro atoms. The highest BCUT2D eigenvalue weighted by Crippen LogP contribution is 2.30. The zero-order valence-corrected chi connectivity index (χ0v) is 15.6. The molecule has 2 unspecified atom stereocenters. The third-order valence-electron chi connectivity index (χ3n) is 3.61. The monoisotopic (exact) mass is 378 g/mol. The van der Waals surface area contributed by atoms with E-state index in [1.54, 1.807) is 19.2 Å². The van der Waals surface area contributed by atoms with Gasteiger partial charge in [-0.05, 0) is 39.8 Å². The second kappa shape index (κ2) is 7.39. The number of carbonyl (C=O) groups is 2. The van der Waals surface area contributed by atoms with Crippen LogP contribution in [0.5, 0.6) is 0 Å². The van der Waals surface area contributed by atoms with Gasteiger partial charge in [0.1, 0.15) is 12.2 Å². The van der Waals surface area contributed by atoms with Crippen LogP contribution in [0, 0.1) is 6.92 Å². The lowest BCUT2D eigenvalue weighted by Crippen LogP contribution is -2.42. The molecule has 0 radical (unpaired) electrons. The van der Waals surface area contributed by atoms with Crippen LogP contribution in [0.2, 0.25) is 0 Å². The van der Waals surface area contributed by atoms with Crippen LogP contribution in [-0.2, 0) is 9.47 Å². The minimum Gasteiger partial charge on any atom is -0.443 e. The van der Waals surface area contributed by atoms with Crippen molar-refractivity contribution in [3.8, 4) is 0 Å². The van der Waals surface area contributed by atoms with Crippen molar-refractivity contribution in [2.75, 3.05) is 12.0 Å². The van der Waals surface area contributed by atoms with Gasteiger partial charge in [0.15, 0.2) is 5.69 Å². The lowest BCUT2D eigenvalue weighted by Gasteiger charge is -2.23. The van der Waals surface area contributed by atoms with E-state index in [9.17, 15) is 9.59 Å². The summed E-state index contributed by atoms with van der Waals surface area (Å²) in [6.45, 7) is 7.66. The summed E-state index contributed by atoms with van der Waals surface area (Å²) in [7, 11) is 0. The van der Waals surface area contributed by atoms with E-state index in [0.717, 1.165) is 0 Å². The number of fused-ring (bicyclic) bond motifs is 1. The predicted molar refractivity (Wildman–Crippen MR) is 95.7 cm³/mol. The van der Waals surface area contributed by atoms with Gasteiger partial charge in [0.25, 0.3) is 5.91 Å². The average Bonchev–Trinajstić information content (AvgIpc) is 3.28. The molecule has 4 rings (SSSR count). The van der Waals surface area contributed by atoms with E-state index >= 15 is 0 Å². The average molecular weight is 378 g/mol. The first-order valence-electron chi connectivity index (χ1n) is 9.51. The van der Waals surface area contributed by atoms with Gasteiger partial charge in [0.2, 0.25) is 0 Å². The molecule has 2 aromatic rings. The second-order valence-corrected chi connectivity index (χ2v) is 7.15. The number of nitrogens with one attached hydrogen (secondary N) is 3. The molecule has 2 amide bonds. The summed E-state index contributed by atoms with van der Waals surface area (Å²) < 4.78 is 26.4. The second-order valence-electron chi connectivity index (χ2n) is 7.15. The third kappa shape index (κ3) is 4.64. The molecule has 0 bridgehead atoms. The Morgan fingerprint density at radius 3 is 2.89 bits per heavy atom. The summed E-state index contributed by atoms with van der Waals surface area (Å²) in [5.41, 5.74) is 3.44. The SMILES string of the molecule is [2H]C1(c2ccn[nH]2)OCCC1OC(=O)NC(C)(C)C.[2H]c1c(C)nn2c1C(=O)N2. The standard InChI is InChI=1S/C12H19N3O3.C5H5N3O/c1-12(2,3)14-11(16)18-9-5-7-17-10(9)8-4-6-13-15-8;1-3-2-4-5(9)7-8(4)6-3/h4,6,9-10H,5,7H2,1-3H3,(H,13,15)(H,14,16);2H,1H3,(H,7,9)/i10D;2D. The van der Waals surface area contributed by atoms with Gasteiger partial charge in [-0.2, -0.15) is 15.0 Å². The Hall–Kier alpha value is -2.88. The van der Waals surface area contributed by atoms with E-state index < -0.39 is 18.3 Å². The molecule has 0 saturated carbocycles. The molecule has 0 aliphatic carbocycles. The molecule has 2 aliphatic rings. The number of amides is 2. The van der Waals surface area contributed by atoms with Crippen LogP contribution in [-0.4, -0.2) is 50.3 Å². The molecule has 1 saturated heterocycles. The first-order chi connectivity index (χ1) is 13.5. The van der Waals surface area contributed by atoms with Crippen molar-refractivity contribution in [1.29, 1.82) is 0 Å². The highest BCUT2D eigenvalue weighted by atomic mass is 16.6. The molecule has 27 heavy (non-hydrogen) atoms. The fourth-order valence-electron chi connectivity index (χ4n) is 2.50. The largest absolute Gasteiger partial charge is 0.443 e. The van der Waals surface area contributed by atoms with Gasteiger partial charge in [-0.1, -0.05) is 0 Å². The lowest BCUT2D eigenvalue weighted by molar-refractivity contribution is 0.0207. The van der Waals surface area contributed by atoms with Gasteiger partial charge in [-0.25, -0.2) is 10.2 Å². The van der Waals surface area contributed by atoms with E-state index in [-0.39, 0.29) is 17.5 Å². The summed E-state index contributed by atoms with van der Waals surface area (Å²) in [5, 5.41) is 13.0. The van der Waals surface area contributed by atoms with E-state index in [1.807, 2.05) is 20.8 Å². The van der Waals surface area contributed by atoms with E-state index in [0.29, 0.717) is 30.1 Å². The van der Waals surface area contributed by atoms with Crippen molar-refractivity contribution in [3.05, 3.63) is 35.4 Å². The van der Waals surface area contributed by atoms with Crippen molar-refractivity contribution in [2.24, 2.45) is 0 Å². The Balaban J connectivity index is 0.000000200. The summed E-state index contributed by atoms with van der Waals surface area (Å²) in [6.07, 6.45) is -0.583. The molecule has 0 aromatic carbocycles. The molecular formula is C17H24N6O4. The first-order valence-corrected chi connectivity index (χ1v) is 8.51. The molecule has 10 heteroatoms. The normalized spacial score (nSPS) is 24.4. The van der Waals surface area contributed by atoms with Gasteiger partial charge in [-0.15, -0.1) is 0 Å². The number of aromatic nitrogens is 4. The number of carbonyl (C=O) groups excluding carboxylic acids is 2. The number of hydrogen-bond donors (Lipinski definition) is 3. The Bertz CT molecular complexity index is 908. The fourth-order valence-corrected chi connectivity index (χ4v) is 2.50. The smallest absolute Gasteiger partial charge is 0.407 e. The number of aromatic amines is 1. The highest BCUT2D eigenvalue weighted by molar-refractivity contribution is 6.04. The molecular weight excluding hydrogens is 352 g/mol. The molecule has 4 heterocycles. The van der Waals surface area contributed by atoms with Gasteiger partial charge in [0, 0.05) is 18.2 Å². The zero-order valence-electron chi connectivity index (χ0n) is 17.6. The Morgan fingerprint density at radius 2 is 2.33 bits per heavy atom. The minimum absolute atomic E-state index is 0.217. The maximum Gasteiger partial charge on any atom is 0.407 e. The molecule has 2 aliphatic heterocycles. The van der Waals surface area contributed by atoms with Crippen LogP contribution >= 0.6 is 0 Å². The van der Waals surface area contributed by atoms with Crippen molar-refractivity contribution in [2.45, 2.75) is 51.8 Å². The van der Waals surface area contributed by atoms with Crippen LogP contribution in [0.25, 0.3) is 0 Å². The van der Waals surface area contributed by atoms with Crippen molar-refractivity contribution in [1.82, 2.24) is 25.4 Å². The number of nitrogens with zero attached hydrogens (tertiary/aromatic N) is 3. The van der Waals surface area contributed by atoms with Crippen LogP contribution in [0.1, 0.15) is 57.9 Å². The van der Waals surface area contributed by atoms with E-state index in [4.69, 9.17) is 12.2 Å². The minimum atomic E-state index is -1.41. The Labute approximate surface area is 159 Å². The molecule has 3 N–H and O–H groups in total. The van der Waals surface area contributed by atoms with Crippen molar-refractivity contribution < 1.29 is 21.8 Å². The molecule has 1 fully saturated rings. The molecule has 2 aromatic heterocycles. The summed E-state index contributed by atoms with van der Waals surface area (Å²) in [5.74, 6) is -0.217. The number of alkyl carbamates (subject to hydrolysis) is 1. The fraction of sp³-hybridized carbons (Fsp3) is 0.529. The number of aryl methyl sites for hydroxylation is 1. The van der Waals surface area contributed by atoms with Crippen LogP contribution in [0.3, 0.4) is 0 Å². The molecule has 10 nitrogen and oxygen atoms in total. The van der Waals surface area contributed by atoms with Crippen molar-refractivity contribution in [3.63, 3.8) is 0 Å². The third-order valence-corrected chi connectivity index (χ3v) is 3.61. The van der Waals surface area contributed by atoms with Gasteiger partial charge < -0.3 is 14.8 Å². The quantitative estimate of drug-likeness (QED) is 0.730. The summed E-state index contributed by atoms with van der Waals surface area (Å²) in [6, 6.07) is 1.87. The Morgan fingerprint density at radius 1 is 1.56 bits per heavy atom. The Kier molecular flexibility index (Phi) is 4.46. The van der Waals surface area contributed by atoms with Gasteiger partial charge in [0.05, 0.1) is 20.7 Å². The predicted octanol–water partition coefficient (Wildman–Crippen LogP) is 1.65. The summed E-state index contributed by atoms with van der Waals surface area (Å²) in [4.78, 5) is 23.8. The van der Waals surface area contributed by atoms with E-state index in [2.05, 4.69) is 26.0 Å². The maximum absolute atomic E-state index is 11.8. The van der Waals surface area contributed by atoms with Gasteiger partial charge in [-0.3, -0.25) is 9.89 Å². The topological polar surface area (TPSA) is 123 Å². The number of hydrogen-bond acceptors (Lipinski definition) is 6. The molecule has 2 atom stereocenters. The number of H-pyrrole nitrogens is 1. The molecule has 146 valence electrons. The maximum atomic E-state index is 11.8. The zero-order chi connectivity index (χ0) is 21.4. The van der Waals surface area contributed by atoms with E-state index in [1.165, 1.54) is 4.79 Å².